The van der Waals surface area contributed by atoms with Gasteiger partial charge in [0.15, 0.2) is 0 Å². The third-order valence-corrected chi connectivity index (χ3v) is 10.8. The molecule has 11 rings (SSSR count). The van der Waals surface area contributed by atoms with Gasteiger partial charge >= 0.3 is 0 Å². The van der Waals surface area contributed by atoms with Crippen molar-refractivity contribution in [2.75, 3.05) is 0 Å². The van der Waals surface area contributed by atoms with E-state index in [2.05, 4.69) is 182 Å². The molecule has 10 aromatic carbocycles. The summed E-state index contributed by atoms with van der Waals surface area (Å²) in [5, 5.41) is 12.5. The van der Waals surface area contributed by atoms with Gasteiger partial charge in [0.2, 0.25) is 0 Å². The highest BCUT2D eigenvalue weighted by Crippen LogP contribution is 2.49. The van der Waals surface area contributed by atoms with Crippen LogP contribution in [-0.4, -0.2) is 0 Å². The molecule has 1 aliphatic rings. The van der Waals surface area contributed by atoms with Crippen LogP contribution in [0.5, 0.6) is 11.5 Å². The molecular weight excluding hydrogens is 617 g/mol. The minimum Gasteiger partial charge on any atom is -0.456 e. The molecule has 0 saturated heterocycles. The summed E-state index contributed by atoms with van der Waals surface area (Å²) >= 11 is 0. The van der Waals surface area contributed by atoms with Crippen LogP contribution in [0, 0.1) is 0 Å². The van der Waals surface area contributed by atoms with Crippen molar-refractivity contribution >= 4 is 53.9 Å². The highest BCUT2D eigenvalue weighted by atomic mass is 16.5. The Balaban J connectivity index is 1.09. The quantitative estimate of drug-likeness (QED) is 0.137. The lowest BCUT2D eigenvalue weighted by Crippen LogP contribution is -1.97. The largest absolute Gasteiger partial charge is 0.456 e. The molecule has 0 aliphatic carbocycles. The summed E-state index contributed by atoms with van der Waals surface area (Å²) in [6.07, 6.45) is 0. The predicted molar refractivity (Wildman–Crippen MR) is 216 cm³/mol. The monoisotopic (exact) mass is 646 g/mol. The van der Waals surface area contributed by atoms with Crippen LogP contribution in [0.2, 0.25) is 0 Å². The summed E-state index contributed by atoms with van der Waals surface area (Å²) in [5.41, 5.74) is 9.77. The smallest absolute Gasteiger partial charge is 0.135 e. The van der Waals surface area contributed by atoms with E-state index in [4.69, 9.17) is 4.74 Å². The van der Waals surface area contributed by atoms with Crippen molar-refractivity contribution in [3.05, 3.63) is 182 Å². The first-order valence-corrected chi connectivity index (χ1v) is 17.6. The van der Waals surface area contributed by atoms with Gasteiger partial charge in [0.1, 0.15) is 11.5 Å². The third-order valence-electron chi connectivity index (χ3n) is 10.8. The molecular formula is C50H30O. The second-order valence-electron chi connectivity index (χ2n) is 13.6. The molecule has 0 fully saturated rings. The summed E-state index contributed by atoms with van der Waals surface area (Å²) < 4.78 is 6.38. The molecule has 1 aliphatic heterocycles. The van der Waals surface area contributed by atoms with E-state index in [1.807, 2.05) is 0 Å². The molecule has 1 nitrogen and oxygen atoms in total. The Labute approximate surface area is 295 Å². The lowest BCUT2D eigenvalue weighted by atomic mass is 9.83. The molecule has 0 bridgehead atoms. The van der Waals surface area contributed by atoms with Gasteiger partial charge in [-0.1, -0.05) is 152 Å². The topological polar surface area (TPSA) is 9.23 Å². The maximum atomic E-state index is 6.38. The minimum atomic E-state index is 0.904. The van der Waals surface area contributed by atoms with Crippen LogP contribution in [0.1, 0.15) is 0 Å². The molecule has 0 aromatic heterocycles. The molecule has 0 atom stereocenters. The van der Waals surface area contributed by atoms with Gasteiger partial charge in [0, 0.05) is 10.9 Å². The van der Waals surface area contributed by atoms with Crippen LogP contribution in [0.15, 0.2) is 182 Å². The van der Waals surface area contributed by atoms with Crippen molar-refractivity contribution in [1.82, 2.24) is 0 Å². The van der Waals surface area contributed by atoms with Crippen molar-refractivity contribution in [1.29, 1.82) is 0 Å². The second kappa shape index (κ2) is 10.9. The van der Waals surface area contributed by atoms with Crippen molar-refractivity contribution in [2.24, 2.45) is 0 Å². The molecule has 0 N–H and O–H groups in total. The lowest BCUT2D eigenvalue weighted by molar-refractivity contribution is 0.487. The molecule has 0 saturated carbocycles. The van der Waals surface area contributed by atoms with Crippen molar-refractivity contribution in [3.63, 3.8) is 0 Å². The number of hydrogen-bond donors (Lipinski definition) is 0. The van der Waals surface area contributed by atoms with Crippen molar-refractivity contribution in [2.45, 2.75) is 0 Å². The number of fused-ring (bicyclic) bond motifs is 7. The van der Waals surface area contributed by atoms with Crippen LogP contribution in [-0.2, 0) is 0 Å². The first-order chi connectivity index (χ1) is 25.3. The zero-order valence-corrected chi connectivity index (χ0v) is 27.7. The maximum absolute atomic E-state index is 6.38. The van der Waals surface area contributed by atoms with Crippen molar-refractivity contribution < 1.29 is 4.74 Å². The van der Waals surface area contributed by atoms with Crippen LogP contribution >= 0.6 is 0 Å². The lowest BCUT2D eigenvalue weighted by Gasteiger charge is -2.22. The Kier molecular flexibility index (Phi) is 6.02. The summed E-state index contributed by atoms with van der Waals surface area (Å²) in [7, 11) is 0. The van der Waals surface area contributed by atoms with Gasteiger partial charge in [-0.25, -0.2) is 0 Å². The molecule has 10 aromatic rings. The minimum absolute atomic E-state index is 0.904. The Morgan fingerprint density at radius 2 is 0.902 bits per heavy atom. The van der Waals surface area contributed by atoms with Crippen LogP contribution in [0.4, 0.5) is 0 Å². The second-order valence-corrected chi connectivity index (χ2v) is 13.6. The molecule has 0 unspecified atom stereocenters. The van der Waals surface area contributed by atoms with Crippen LogP contribution in [0.3, 0.4) is 0 Å². The molecule has 51 heavy (non-hydrogen) atoms. The number of rotatable bonds is 3. The first-order valence-electron chi connectivity index (χ1n) is 17.6. The summed E-state index contributed by atoms with van der Waals surface area (Å²) in [4.78, 5) is 0. The Morgan fingerprint density at radius 1 is 0.275 bits per heavy atom. The molecule has 1 heteroatoms. The maximum Gasteiger partial charge on any atom is 0.135 e. The SMILES string of the molecule is c1ccc(-c2c3ccccc3c(-c3ccc4cc(-c5ccc6c(c5)-c5cccc7cccc(c57)O6)ccc4c3)c3ccc4ccccc4c23)cc1. The fourth-order valence-corrected chi connectivity index (χ4v) is 8.49. The Hall–Kier alpha value is -6.70. The predicted octanol–water partition coefficient (Wildman–Crippen LogP) is 14.2. The van der Waals surface area contributed by atoms with E-state index in [9.17, 15) is 0 Å². The summed E-state index contributed by atoms with van der Waals surface area (Å²) in [6, 6.07) is 66.4. The van der Waals surface area contributed by atoms with E-state index < -0.39 is 0 Å². The number of hydrogen-bond acceptors (Lipinski definition) is 1. The van der Waals surface area contributed by atoms with E-state index >= 15 is 0 Å². The highest BCUT2D eigenvalue weighted by molar-refractivity contribution is 6.28. The average Bonchev–Trinajstić information content (AvgIpc) is 3.20. The molecule has 0 amide bonds. The van der Waals surface area contributed by atoms with Gasteiger partial charge in [0.25, 0.3) is 0 Å². The van der Waals surface area contributed by atoms with Crippen LogP contribution < -0.4 is 4.74 Å². The van der Waals surface area contributed by atoms with Gasteiger partial charge < -0.3 is 4.74 Å². The summed E-state index contributed by atoms with van der Waals surface area (Å²) in [5.74, 6) is 1.83. The van der Waals surface area contributed by atoms with Gasteiger partial charge in [-0.3, -0.25) is 0 Å². The molecule has 0 radical (unpaired) electrons. The van der Waals surface area contributed by atoms with E-state index in [1.165, 1.54) is 92.8 Å². The Bertz CT molecular complexity index is 3040. The van der Waals surface area contributed by atoms with E-state index in [0.717, 1.165) is 17.1 Å². The highest BCUT2D eigenvalue weighted by Gasteiger charge is 2.21. The fraction of sp³-hybridized carbons (Fsp3) is 0. The fourth-order valence-electron chi connectivity index (χ4n) is 8.49. The van der Waals surface area contributed by atoms with E-state index in [1.54, 1.807) is 0 Å². The molecule has 1 heterocycles. The normalized spacial score (nSPS) is 12.1. The molecule has 0 spiro atoms. The number of benzene rings is 10. The number of ether oxygens (including phenoxy) is 1. The molecule has 236 valence electrons. The van der Waals surface area contributed by atoms with Gasteiger partial charge in [-0.2, -0.15) is 0 Å². The standard InChI is InChI=1S/C50H30O/c1-2-11-33(12-3-1)49-41-17-7-6-16-40(41)47(43-26-24-31-10-4-5-15-39(31)50(43)49)38-23-22-34-28-35(20-21-36(34)29-38)37-25-27-45-44(30-37)42-18-8-13-32-14-9-19-46(51-45)48(32)42/h1-30H. The Morgan fingerprint density at radius 3 is 1.75 bits per heavy atom. The van der Waals surface area contributed by atoms with Gasteiger partial charge in [-0.05, 0) is 118 Å². The van der Waals surface area contributed by atoms with Gasteiger partial charge in [-0.15, -0.1) is 0 Å². The third kappa shape index (κ3) is 4.28. The zero-order valence-electron chi connectivity index (χ0n) is 27.7. The zero-order chi connectivity index (χ0) is 33.5. The average molecular weight is 647 g/mol. The van der Waals surface area contributed by atoms with Crippen LogP contribution in [0.25, 0.3) is 98.4 Å². The van der Waals surface area contributed by atoms with Crippen molar-refractivity contribution in [3.8, 4) is 56.0 Å². The van der Waals surface area contributed by atoms with E-state index in [0.29, 0.717) is 0 Å². The first kappa shape index (κ1) is 28.2. The van der Waals surface area contributed by atoms with Gasteiger partial charge in [0.05, 0.1) is 0 Å². The van der Waals surface area contributed by atoms with E-state index in [-0.39, 0.29) is 0 Å². The summed E-state index contributed by atoms with van der Waals surface area (Å²) in [6.45, 7) is 0.